The van der Waals surface area contributed by atoms with E-state index in [4.69, 9.17) is 10.2 Å². The molecule has 0 saturated carbocycles. The third-order valence-corrected chi connectivity index (χ3v) is 5.24. The average molecular weight is 348 g/mol. The molecule has 6 nitrogen and oxygen atoms in total. The van der Waals surface area contributed by atoms with Gasteiger partial charge in [-0.3, -0.25) is 4.79 Å². The number of fused-ring (bicyclic) bond motifs is 1. The molecule has 0 spiro atoms. The van der Waals surface area contributed by atoms with Gasteiger partial charge in [0.1, 0.15) is 11.3 Å². The number of carbonyl (C=O) groups excluding carboxylic acids is 1. The van der Waals surface area contributed by atoms with E-state index in [9.17, 15) is 4.79 Å². The van der Waals surface area contributed by atoms with Crippen LogP contribution in [0.4, 0.5) is 5.13 Å². The Morgan fingerprint density at radius 3 is 2.83 bits per heavy atom. The van der Waals surface area contributed by atoms with Crippen LogP contribution in [-0.4, -0.2) is 21.4 Å². The second-order valence-electron chi connectivity index (χ2n) is 5.08. The van der Waals surface area contributed by atoms with Crippen LogP contribution in [0.3, 0.4) is 0 Å². The summed E-state index contributed by atoms with van der Waals surface area (Å²) in [6.45, 7) is 3.72. The van der Waals surface area contributed by atoms with Gasteiger partial charge in [0.25, 0.3) is 0 Å². The average Bonchev–Trinajstić information content (AvgIpc) is 3.13. The Morgan fingerprint density at radius 1 is 1.35 bits per heavy atom. The summed E-state index contributed by atoms with van der Waals surface area (Å²) in [5.74, 6) is 0.647. The van der Waals surface area contributed by atoms with Gasteiger partial charge in [0, 0.05) is 5.39 Å². The van der Waals surface area contributed by atoms with Crippen LogP contribution in [-0.2, 0) is 4.79 Å². The lowest BCUT2D eigenvalue weighted by atomic mass is 10.2. The number of aromatic nitrogens is 2. The number of furan rings is 1. The predicted molar refractivity (Wildman–Crippen MR) is 92.4 cm³/mol. The summed E-state index contributed by atoms with van der Waals surface area (Å²) in [6.07, 6.45) is 0. The molecule has 2 atom stereocenters. The fourth-order valence-corrected chi connectivity index (χ4v) is 3.88. The SMILES string of the molecule is CC(Sc1nnc(N)s1)C(=O)NC(C)c1cc2ccccc2o1. The van der Waals surface area contributed by atoms with E-state index < -0.39 is 0 Å². The lowest BCUT2D eigenvalue weighted by Gasteiger charge is -2.14. The molecule has 8 heteroatoms. The summed E-state index contributed by atoms with van der Waals surface area (Å²) in [4.78, 5) is 12.3. The van der Waals surface area contributed by atoms with Crippen LogP contribution in [0.25, 0.3) is 11.0 Å². The molecule has 23 heavy (non-hydrogen) atoms. The first kappa shape index (κ1) is 15.8. The molecule has 3 N–H and O–H groups in total. The Bertz CT molecular complexity index is 797. The number of nitrogens with zero attached hydrogens (tertiary/aromatic N) is 2. The molecule has 2 unspecified atom stereocenters. The van der Waals surface area contributed by atoms with E-state index >= 15 is 0 Å². The Labute approximate surface area is 141 Å². The highest BCUT2D eigenvalue weighted by molar-refractivity contribution is 8.02. The Balaban J connectivity index is 1.64. The molecule has 3 rings (SSSR count). The highest BCUT2D eigenvalue weighted by atomic mass is 32.2. The number of nitrogens with two attached hydrogens (primary N) is 1. The molecule has 2 aromatic heterocycles. The minimum Gasteiger partial charge on any atom is -0.459 e. The first-order chi connectivity index (χ1) is 11.0. The third kappa shape index (κ3) is 3.65. The number of para-hydroxylation sites is 1. The standard InChI is InChI=1S/C15H16N4O2S2/c1-8(12-7-10-5-3-4-6-11(10)21-12)17-13(20)9(2)22-15-19-18-14(16)23-15/h3-9H,1-2H3,(H2,16,18)(H,17,20). The second-order valence-corrected chi connectivity index (χ2v) is 7.68. The summed E-state index contributed by atoms with van der Waals surface area (Å²) in [7, 11) is 0. The maximum atomic E-state index is 12.3. The molecule has 0 radical (unpaired) electrons. The van der Waals surface area contributed by atoms with Gasteiger partial charge in [0.15, 0.2) is 4.34 Å². The zero-order valence-electron chi connectivity index (χ0n) is 12.6. The van der Waals surface area contributed by atoms with E-state index in [0.717, 1.165) is 16.7 Å². The van der Waals surface area contributed by atoms with Crippen molar-refractivity contribution in [1.82, 2.24) is 15.5 Å². The maximum absolute atomic E-state index is 12.3. The van der Waals surface area contributed by atoms with Gasteiger partial charge in [-0.2, -0.15) is 0 Å². The zero-order valence-corrected chi connectivity index (χ0v) is 14.3. The van der Waals surface area contributed by atoms with Crippen LogP contribution >= 0.6 is 23.1 Å². The molecule has 0 aliphatic heterocycles. The largest absolute Gasteiger partial charge is 0.459 e. The molecule has 0 saturated heterocycles. The minimum atomic E-state index is -0.297. The third-order valence-electron chi connectivity index (χ3n) is 3.30. The van der Waals surface area contributed by atoms with E-state index in [1.807, 2.05) is 44.2 Å². The van der Waals surface area contributed by atoms with Crippen LogP contribution in [0.15, 0.2) is 39.1 Å². The molecule has 0 fully saturated rings. The van der Waals surface area contributed by atoms with Crippen LogP contribution in [0.2, 0.25) is 0 Å². The van der Waals surface area contributed by atoms with Crippen molar-refractivity contribution in [2.45, 2.75) is 29.5 Å². The van der Waals surface area contributed by atoms with Crippen LogP contribution in [0.5, 0.6) is 0 Å². The van der Waals surface area contributed by atoms with E-state index in [2.05, 4.69) is 15.5 Å². The normalized spacial score (nSPS) is 13.8. The monoisotopic (exact) mass is 348 g/mol. The molecule has 2 heterocycles. The van der Waals surface area contributed by atoms with Crippen molar-refractivity contribution in [3.63, 3.8) is 0 Å². The lowest BCUT2D eigenvalue weighted by molar-refractivity contribution is -0.121. The van der Waals surface area contributed by atoms with Crippen molar-refractivity contribution in [2.24, 2.45) is 0 Å². The molecule has 3 aromatic rings. The smallest absolute Gasteiger partial charge is 0.233 e. The van der Waals surface area contributed by atoms with E-state index in [1.165, 1.54) is 23.1 Å². The number of anilines is 1. The zero-order chi connectivity index (χ0) is 16.4. The quantitative estimate of drug-likeness (QED) is 0.688. The summed E-state index contributed by atoms with van der Waals surface area (Å²) in [5.41, 5.74) is 6.36. The fourth-order valence-electron chi connectivity index (χ4n) is 2.09. The minimum absolute atomic E-state index is 0.0864. The number of rotatable bonds is 5. The highest BCUT2D eigenvalue weighted by Gasteiger charge is 2.20. The number of hydrogen-bond acceptors (Lipinski definition) is 7. The van der Waals surface area contributed by atoms with Gasteiger partial charge in [-0.05, 0) is 26.0 Å². The van der Waals surface area contributed by atoms with E-state index in [0.29, 0.717) is 9.47 Å². The van der Waals surface area contributed by atoms with Gasteiger partial charge in [-0.25, -0.2) is 0 Å². The predicted octanol–water partition coefficient (Wildman–Crippen LogP) is 3.22. The summed E-state index contributed by atoms with van der Waals surface area (Å²) in [6, 6.07) is 9.50. The highest BCUT2D eigenvalue weighted by Crippen LogP contribution is 2.28. The van der Waals surface area contributed by atoms with E-state index in [1.54, 1.807) is 0 Å². The first-order valence-electron chi connectivity index (χ1n) is 7.07. The number of nitrogens with one attached hydrogen (secondary N) is 1. The Morgan fingerprint density at radius 2 is 2.13 bits per heavy atom. The topological polar surface area (TPSA) is 94.0 Å². The van der Waals surface area contributed by atoms with Crippen molar-refractivity contribution in [1.29, 1.82) is 0 Å². The van der Waals surface area contributed by atoms with Gasteiger partial charge < -0.3 is 15.5 Å². The van der Waals surface area contributed by atoms with Crippen LogP contribution in [0.1, 0.15) is 25.6 Å². The molecule has 1 aromatic carbocycles. The van der Waals surface area contributed by atoms with Gasteiger partial charge in [-0.1, -0.05) is 41.3 Å². The maximum Gasteiger partial charge on any atom is 0.233 e. The van der Waals surface area contributed by atoms with Crippen LogP contribution < -0.4 is 11.1 Å². The second kappa shape index (κ2) is 6.59. The number of thioether (sulfide) groups is 1. The first-order valence-corrected chi connectivity index (χ1v) is 8.77. The lowest BCUT2D eigenvalue weighted by Crippen LogP contribution is -2.32. The molecule has 0 bridgehead atoms. The number of nitrogen functional groups attached to an aromatic ring is 1. The summed E-state index contributed by atoms with van der Waals surface area (Å²) >= 11 is 2.61. The van der Waals surface area contributed by atoms with Crippen molar-refractivity contribution in [3.05, 3.63) is 36.1 Å². The molecular formula is C15H16N4O2S2. The Hall–Kier alpha value is -2.06. The molecule has 1 amide bonds. The number of carbonyl (C=O) groups is 1. The number of benzene rings is 1. The fraction of sp³-hybridized carbons (Fsp3) is 0.267. The molecule has 0 aliphatic carbocycles. The number of hydrogen-bond donors (Lipinski definition) is 2. The summed E-state index contributed by atoms with van der Waals surface area (Å²) < 4.78 is 6.46. The van der Waals surface area contributed by atoms with Crippen LogP contribution in [0, 0.1) is 0 Å². The van der Waals surface area contributed by atoms with Gasteiger partial charge in [0.2, 0.25) is 11.0 Å². The van der Waals surface area contributed by atoms with Crippen molar-refractivity contribution in [2.75, 3.05) is 5.73 Å². The van der Waals surface area contributed by atoms with Gasteiger partial charge >= 0.3 is 0 Å². The van der Waals surface area contributed by atoms with Gasteiger partial charge in [0.05, 0.1) is 11.3 Å². The molecular weight excluding hydrogens is 332 g/mol. The van der Waals surface area contributed by atoms with Gasteiger partial charge in [-0.15, -0.1) is 10.2 Å². The van der Waals surface area contributed by atoms with Crippen molar-refractivity contribution >= 4 is 45.1 Å². The summed E-state index contributed by atoms with van der Waals surface area (Å²) in [5, 5.41) is 11.7. The van der Waals surface area contributed by atoms with E-state index in [-0.39, 0.29) is 17.2 Å². The number of amides is 1. The van der Waals surface area contributed by atoms with Crippen molar-refractivity contribution < 1.29 is 9.21 Å². The molecule has 120 valence electrons. The Kier molecular flexibility index (Phi) is 4.53. The van der Waals surface area contributed by atoms with Crippen molar-refractivity contribution in [3.8, 4) is 0 Å². The molecule has 0 aliphatic rings.